The summed E-state index contributed by atoms with van der Waals surface area (Å²) in [7, 11) is 3.35. The molecule has 1 aliphatic rings. The minimum Gasteiger partial charge on any atom is -0.493 e. The van der Waals surface area contributed by atoms with E-state index in [0.29, 0.717) is 66.1 Å². The van der Waals surface area contributed by atoms with Gasteiger partial charge in [0.1, 0.15) is 36.2 Å². The summed E-state index contributed by atoms with van der Waals surface area (Å²) in [6, 6.07) is 25.4. The van der Waals surface area contributed by atoms with E-state index in [1.165, 1.54) is 38.5 Å². The molecule has 0 bridgehead atoms. The Labute approximate surface area is 335 Å². The van der Waals surface area contributed by atoms with Crippen LogP contribution in [0.3, 0.4) is 0 Å². The summed E-state index contributed by atoms with van der Waals surface area (Å²) < 4.78 is 48.7. The third kappa shape index (κ3) is 12.0. The maximum Gasteiger partial charge on any atom is 0.128 e. The second-order valence-corrected chi connectivity index (χ2v) is 14.1. The molecule has 0 heterocycles. The molecule has 0 saturated carbocycles. The van der Waals surface area contributed by atoms with E-state index >= 15 is 0 Å². The van der Waals surface area contributed by atoms with Crippen molar-refractivity contribution in [3.05, 3.63) is 72.8 Å². The first-order valence-corrected chi connectivity index (χ1v) is 20.9. The number of ether oxygens (including phenoxy) is 8. The second kappa shape index (κ2) is 24.5. The van der Waals surface area contributed by atoms with Gasteiger partial charge in [-0.25, -0.2) is 0 Å². The molecule has 8 heteroatoms. The van der Waals surface area contributed by atoms with Crippen molar-refractivity contribution in [1.29, 1.82) is 0 Å². The maximum absolute atomic E-state index is 6.76. The summed E-state index contributed by atoms with van der Waals surface area (Å²) in [4.78, 5) is 0. The number of rotatable bonds is 28. The lowest BCUT2D eigenvalue weighted by atomic mass is 9.79. The van der Waals surface area contributed by atoms with Crippen LogP contribution in [0.5, 0.6) is 23.0 Å². The first-order chi connectivity index (χ1) is 27.7. The van der Waals surface area contributed by atoms with Crippen LogP contribution in [-0.2, 0) is 18.9 Å². The fourth-order valence-electron chi connectivity index (χ4n) is 7.22. The topological polar surface area (TPSA) is 73.8 Å². The van der Waals surface area contributed by atoms with Crippen LogP contribution in [0, 0.1) is 0 Å². The van der Waals surface area contributed by atoms with Crippen LogP contribution < -0.4 is 18.9 Å². The normalized spacial score (nSPS) is 11.5. The van der Waals surface area contributed by atoms with E-state index in [2.05, 4.69) is 74.5 Å². The summed E-state index contributed by atoms with van der Waals surface area (Å²) in [6.07, 6.45) is 11.7. The molecule has 0 amide bonds. The number of methoxy groups -OCH3 is 2. The third-order valence-corrected chi connectivity index (χ3v) is 10.0. The molecule has 0 radical (unpaired) electrons. The largest absolute Gasteiger partial charge is 0.493 e. The van der Waals surface area contributed by atoms with Gasteiger partial charge in [-0.1, -0.05) is 114 Å². The Hall–Kier alpha value is -4.08. The van der Waals surface area contributed by atoms with E-state index in [1.807, 2.05) is 12.1 Å². The molecule has 0 unspecified atom stereocenters. The summed E-state index contributed by atoms with van der Waals surface area (Å²) in [5.41, 5.74) is 8.13. The van der Waals surface area contributed by atoms with Gasteiger partial charge in [0.2, 0.25) is 0 Å². The number of benzene rings is 4. The van der Waals surface area contributed by atoms with Gasteiger partial charge in [0.25, 0.3) is 0 Å². The summed E-state index contributed by atoms with van der Waals surface area (Å²) in [6.45, 7) is 9.52. The van der Waals surface area contributed by atoms with Gasteiger partial charge in [0, 0.05) is 36.5 Å². The van der Waals surface area contributed by atoms with E-state index in [9.17, 15) is 0 Å². The standard InChI is InChI=1S/C48H64O8/c1-5-7-9-11-13-27-53-41-23-15-19-37-39-21-17-25-43(55-35-33-51-31-29-49-3)47(39)48-40(22-18-26-44(48)56-36-34-52-32-30-50-4)38-20-16-24-42(46(38)45(37)41)54-28-14-12-10-8-6-2/h15-26H,5-14,27-36H2,1-4H3. The van der Waals surface area contributed by atoms with Gasteiger partial charge in [-0.05, 0) is 59.4 Å². The van der Waals surface area contributed by atoms with Crippen LogP contribution in [0.15, 0.2) is 72.8 Å². The van der Waals surface area contributed by atoms with Crippen LogP contribution in [0.1, 0.15) is 78.1 Å². The summed E-state index contributed by atoms with van der Waals surface area (Å²) in [5, 5.41) is 0. The Kier molecular flexibility index (Phi) is 18.9. The molecule has 8 nitrogen and oxygen atoms in total. The average molecular weight is 769 g/mol. The van der Waals surface area contributed by atoms with Gasteiger partial charge >= 0.3 is 0 Å². The Morgan fingerprint density at radius 2 is 0.625 bits per heavy atom. The van der Waals surface area contributed by atoms with Crippen molar-refractivity contribution in [3.63, 3.8) is 0 Å². The lowest BCUT2D eigenvalue weighted by Crippen LogP contribution is -2.12. The highest BCUT2D eigenvalue weighted by molar-refractivity contribution is 6.08. The highest BCUT2D eigenvalue weighted by Crippen LogP contribution is 2.56. The quantitative estimate of drug-likeness (QED) is 0.0466. The van der Waals surface area contributed by atoms with Gasteiger partial charge in [-0.3, -0.25) is 0 Å². The zero-order valence-electron chi connectivity index (χ0n) is 34.3. The number of fused-ring (bicyclic) bond motifs is 8. The smallest absolute Gasteiger partial charge is 0.128 e. The first kappa shape index (κ1) is 43.1. The zero-order valence-corrected chi connectivity index (χ0v) is 34.3. The minimum absolute atomic E-state index is 0.382. The molecule has 4 aromatic rings. The first-order valence-electron chi connectivity index (χ1n) is 20.9. The van der Waals surface area contributed by atoms with Crippen LogP contribution in [0.2, 0.25) is 0 Å². The van der Waals surface area contributed by atoms with Gasteiger partial charge in [0.05, 0.1) is 52.9 Å². The van der Waals surface area contributed by atoms with Gasteiger partial charge in [-0.2, -0.15) is 0 Å². The van der Waals surface area contributed by atoms with E-state index in [4.69, 9.17) is 37.9 Å². The van der Waals surface area contributed by atoms with Crippen LogP contribution in [-0.4, -0.2) is 80.3 Å². The lowest BCUT2D eigenvalue weighted by Gasteiger charge is -2.28. The number of hydrogen-bond acceptors (Lipinski definition) is 8. The average Bonchev–Trinajstić information content (AvgIpc) is 3.22. The maximum atomic E-state index is 6.76. The van der Waals surface area contributed by atoms with Crippen molar-refractivity contribution < 1.29 is 37.9 Å². The van der Waals surface area contributed by atoms with Gasteiger partial charge in [-0.15, -0.1) is 0 Å². The van der Waals surface area contributed by atoms with Crippen LogP contribution in [0.25, 0.3) is 44.5 Å². The molecule has 0 spiro atoms. The zero-order chi connectivity index (χ0) is 39.2. The Balaban J connectivity index is 1.65. The van der Waals surface area contributed by atoms with Crippen molar-refractivity contribution in [2.45, 2.75) is 78.1 Å². The van der Waals surface area contributed by atoms with Crippen LogP contribution in [0.4, 0.5) is 0 Å². The molecular weight excluding hydrogens is 705 g/mol. The van der Waals surface area contributed by atoms with Gasteiger partial charge in [0.15, 0.2) is 0 Å². The van der Waals surface area contributed by atoms with Gasteiger partial charge < -0.3 is 37.9 Å². The molecule has 1 aliphatic carbocycles. The molecule has 304 valence electrons. The van der Waals surface area contributed by atoms with E-state index < -0.39 is 0 Å². The number of unbranched alkanes of at least 4 members (excludes halogenated alkanes) is 8. The second-order valence-electron chi connectivity index (χ2n) is 14.1. The Morgan fingerprint density at radius 3 is 0.946 bits per heavy atom. The molecule has 4 aromatic carbocycles. The monoisotopic (exact) mass is 768 g/mol. The van der Waals surface area contributed by atoms with E-state index in [0.717, 1.165) is 93.2 Å². The molecule has 0 aliphatic heterocycles. The molecule has 0 N–H and O–H groups in total. The lowest BCUT2D eigenvalue weighted by molar-refractivity contribution is 0.0542. The van der Waals surface area contributed by atoms with Crippen molar-refractivity contribution in [3.8, 4) is 67.5 Å². The fraction of sp³-hybridized carbons (Fsp3) is 0.500. The van der Waals surface area contributed by atoms with E-state index in [1.54, 1.807) is 14.2 Å². The van der Waals surface area contributed by atoms with E-state index in [-0.39, 0.29) is 0 Å². The van der Waals surface area contributed by atoms with Crippen molar-refractivity contribution in [2.24, 2.45) is 0 Å². The molecule has 5 rings (SSSR count). The highest BCUT2D eigenvalue weighted by Gasteiger charge is 2.30. The van der Waals surface area contributed by atoms with Crippen LogP contribution >= 0.6 is 0 Å². The minimum atomic E-state index is 0.382. The number of hydrogen-bond donors (Lipinski definition) is 0. The fourth-order valence-corrected chi connectivity index (χ4v) is 7.22. The molecule has 0 atom stereocenters. The molecule has 0 saturated heterocycles. The third-order valence-electron chi connectivity index (χ3n) is 10.0. The van der Waals surface area contributed by atoms with Crippen molar-refractivity contribution in [2.75, 3.05) is 80.3 Å². The molecule has 0 aromatic heterocycles. The summed E-state index contributed by atoms with van der Waals surface area (Å²) in [5.74, 6) is 3.21. The SMILES string of the molecule is CCCCCCCOc1cccc2c1-c1c(OCCCCCCC)cccc1-c1cccc(OCCOCCOC)c1-c1c(OCCOCCOC)cccc1-2. The predicted molar refractivity (Wildman–Crippen MR) is 227 cm³/mol. The Morgan fingerprint density at radius 1 is 0.321 bits per heavy atom. The summed E-state index contributed by atoms with van der Waals surface area (Å²) >= 11 is 0. The molecular formula is C48H64O8. The Bertz CT molecular complexity index is 1480. The van der Waals surface area contributed by atoms with Crippen molar-refractivity contribution >= 4 is 0 Å². The highest BCUT2D eigenvalue weighted by atomic mass is 16.5. The molecule has 0 fully saturated rings. The molecule has 56 heavy (non-hydrogen) atoms. The predicted octanol–water partition coefficient (Wildman–Crippen LogP) is 11.4. The van der Waals surface area contributed by atoms with Crippen molar-refractivity contribution in [1.82, 2.24) is 0 Å².